The fourth-order valence-corrected chi connectivity index (χ4v) is 2.39. The highest BCUT2D eigenvalue weighted by molar-refractivity contribution is 8.02. The number of rotatable bonds is 6. The van der Waals surface area contributed by atoms with Gasteiger partial charge in [-0.25, -0.2) is 0 Å². The fraction of sp³-hybridized carbons (Fsp3) is 0.800. The van der Waals surface area contributed by atoms with E-state index in [1.54, 1.807) is 6.92 Å². The summed E-state index contributed by atoms with van der Waals surface area (Å²) >= 11 is 1.12. The van der Waals surface area contributed by atoms with Gasteiger partial charge in [0.2, 0.25) is 0 Å². The highest BCUT2D eigenvalue weighted by atomic mass is 32.2. The summed E-state index contributed by atoms with van der Waals surface area (Å²) in [7, 11) is 1.30. The van der Waals surface area contributed by atoms with Crippen LogP contribution in [0.4, 0.5) is 0 Å². The molecule has 1 unspecified atom stereocenters. The van der Waals surface area contributed by atoms with Crippen molar-refractivity contribution in [3.8, 4) is 0 Å². The van der Waals surface area contributed by atoms with Crippen LogP contribution >= 0.6 is 11.8 Å². The van der Waals surface area contributed by atoms with Crippen molar-refractivity contribution in [2.75, 3.05) is 12.9 Å². The molecule has 1 N–H and O–H groups in total. The Balaban J connectivity index is 4.38. The summed E-state index contributed by atoms with van der Waals surface area (Å²) in [6, 6.07) is 0. The molecule has 0 aliphatic carbocycles. The van der Waals surface area contributed by atoms with Gasteiger partial charge in [0.1, 0.15) is 4.75 Å². The number of esters is 1. The van der Waals surface area contributed by atoms with Crippen molar-refractivity contribution in [3.05, 3.63) is 0 Å². The Bertz CT molecular complexity index is 240. The SMILES string of the molecule is COC(=O)CSC(C)(CC(C)C)C(=O)O. The first-order valence-corrected chi connectivity index (χ1v) is 5.74. The highest BCUT2D eigenvalue weighted by Crippen LogP contribution is 2.32. The van der Waals surface area contributed by atoms with Gasteiger partial charge in [-0.2, -0.15) is 0 Å². The third kappa shape index (κ3) is 5.06. The molecule has 0 amide bonds. The third-order valence-corrected chi connectivity index (χ3v) is 3.34. The maximum atomic E-state index is 11.1. The number of carboxylic acid groups (broad SMARTS) is 1. The standard InChI is InChI=1S/C10H18O4S/c1-7(2)5-10(3,9(12)13)15-6-8(11)14-4/h7H,5-6H2,1-4H3,(H,12,13). The minimum atomic E-state index is -0.914. The minimum Gasteiger partial charge on any atom is -0.480 e. The van der Waals surface area contributed by atoms with E-state index < -0.39 is 16.7 Å². The predicted octanol–water partition coefficient (Wildman–Crippen LogP) is 1.78. The maximum Gasteiger partial charge on any atom is 0.319 e. The van der Waals surface area contributed by atoms with Crippen molar-refractivity contribution in [2.24, 2.45) is 5.92 Å². The quantitative estimate of drug-likeness (QED) is 0.710. The van der Waals surface area contributed by atoms with E-state index in [4.69, 9.17) is 5.11 Å². The second-order valence-electron chi connectivity index (χ2n) is 4.00. The molecule has 0 radical (unpaired) electrons. The molecular weight excluding hydrogens is 216 g/mol. The molecular formula is C10H18O4S. The molecule has 0 spiro atoms. The van der Waals surface area contributed by atoms with E-state index in [1.165, 1.54) is 7.11 Å². The van der Waals surface area contributed by atoms with Crippen molar-refractivity contribution < 1.29 is 19.4 Å². The summed E-state index contributed by atoms with van der Waals surface area (Å²) < 4.78 is 3.56. The van der Waals surface area contributed by atoms with Crippen LogP contribution in [-0.2, 0) is 14.3 Å². The predicted molar refractivity (Wildman–Crippen MR) is 60.0 cm³/mol. The highest BCUT2D eigenvalue weighted by Gasteiger charge is 2.35. The molecule has 0 heterocycles. The van der Waals surface area contributed by atoms with Gasteiger partial charge >= 0.3 is 11.9 Å². The molecule has 0 saturated carbocycles. The molecule has 1 atom stereocenters. The largest absolute Gasteiger partial charge is 0.480 e. The van der Waals surface area contributed by atoms with Gasteiger partial charge in [-0.1, -0.05) is 13.8 Å². The van der Waals surface area contributed by atoms with Gasteiger partial charge in [-0.3, -0.25) is 9.59 Å². The maximum absolute atomic E-state index is 11.1. The van der Waals surface area contributed by atoms with Crippen LogP contribution in [0.25, 0.3) is 0 Å². The van der Waals surface area contributed by atoms with Crippen molar-refractivity contribution in [3.63, 3.8) is 0 Å². The number of carbonyl (C=O) groups excluding carboxylic acids is 1. The van der Waals surface area contributed by atoms with Gasteiger partial charge in [-0.15, -0.1) is 11.8 Å². The number of hydrogen-bond acceptors (Lipinski definition) is 4. The Morgan fingerprint density at radius 2 is 2.00 bits per heavy atom. The lowest BCUT2D eigenvalue weighted by atomic mass is 9.98. The Morgan fingerprint density at radius 3 is 2.33 bits per heavy atom. The first-order chi connectivity index (χ1) is 6.81. The van der Waals surface area contributed by atoms with Gasteiger partial charge in [0, 0.05) is 0 Å². The zero-order chi connectivity index (χ0) is 12.1. The first-order valence-electron chi connectivity index (χ1n) is 4.76. The zero-order valence-electron chi connectivity index (χ0n) is 9.57. The summed E-state index contributed by atoms with van der Waals surface area (Å²) in [4.78, 5) is 22.0. The lowest BCUT2D eigenvalue weighted by Crippen LogP contribution is -2.34. The van der Waals surface area contributed by atoms with E-state index in [-0.39, 0.29) is 11.7 Å². The van der Waals surface area contributed by atoms with Crippen LogP contribution in [0, 0.1) is 5.92 Å². The second-order valence-corrected chi connectivity index (χ2v) is 5.48. The summed E-state index contributed by atoms with van der Waals surface area (Å²) in [6.07, 6.45) is 0.532. The third-order valence-electron chi connectivity index (χ3n) is 1.99. The van der Waals surface area contributed by atoms with E-state index in [1.807, 2.05) is 13.8 Å². The Morgan fingerprint density at radius 1 is 1.47 bits per heavy atom. The molecule has 0 aromatic heterocycles. The molecule has 0 aromatic rings. The molecule has 0 aliphatic rings. The van der Waals surface area contributed by atoms with Crippen LogP contribution in [-0.4, -0.2) is 34.7 Å². The van der Waals surface area contributed by atoms with Crippen molar-refractivity contribution in [1.29, 1.82) is 0 Å². The molecule has 0 rings (SSSR count). The van der Waals surface area contributed by atoms with E-state index in [0.717, 1.165) is 11.8 Å². The Kier molecular flexibility index (Phi) is 5.72. The summed E-state index contributed by atoms with van der Waals surface area (Å²) in [5.74, 6) is -0.927. The van der Waals surface area contributed by atoms with E-state index in [9.17, 15) is 9.59 Å². The molecule has 0 aromatic carbocycles. The van der Waals surface area contributed by atoms with E-state index in [0.29, 0.717) is 6.42 Å². The molecule has 88 valence electrons. The average molecular weight is 234 g/mol. The first kappa shape index (κ1) is 14.3. The van der Waals surface area contributed by atoms with Crippen LogP contribution < -0.4 is 0 Å². The molecule has 15 heavy (non-hydrogen) atoms. The van der Waals surface area contributed by atoms with E-state index in [2.05, 4.69) is 4.74 Å². The molecule has 0 saturated heterocycles. The number of aliphatic carboxylic acids is 1. The fourth-order valence-electron chi connectivity index (χ4n) is 1.26. The monoisotopic (exact) mass is 234 g/mol. The van der Waals surface area contributed by atoms with Gasteiger partial charge in [0.25, 0.3) is 0 Å². The molecule has 0 fully saturated rings. The van der Waals surface area contributed by atoms with Crippen LogP contribution in [0.3, 0.4) is 0 Å². The Labute approximate surface area is 94.4 Å². The van der Waals surface area contributed by atoms with Crippen LogP contribution in [0.5, 0.6) is 0 Å². The summed E-state index contributed by atoms with van der Waals surface area (Å²) in [5, 5.41) is 9.09. The topological polar surface area (TPSA) is 63.6 Å². The van der Waals surface area contributed by atoms with Crippen LogP contribution in [0.1, 0.15) is 27.2 Å². The number of methoxy groups -OCH3 is 1. The number of hydrogen-bond donors (Lipinski definition) is 1. The normalized spacial score (nSPS) is 14.7. The van der Waals surface area contributed by atoms with Gasteiger partial charge in [0.05, 0.1) is 12.9 Å². The van der Waals surface area contributed by atoms with Crippen LogP contribution in [0.2, 0.25) is 0 Å². The number of carboxylic acids is 1. The number of thioether (sulfide) groups is 1. The summed E-state index contributed by atoms with van der Waals surface area (Å²) in [5.41, 5.74) is 0. The van der Waals surface area contributed by atoms with Crippen molar-refractivity contribution >= 4 is 23.7 Å². The molecule has 4 nitrogen and oxygen atoms in total. The Hall–Kier alpha value is -0.710. The van der Waals surface area contributed by atoms with Crippen molar-refractivity contribution in [2.45, 2.75) is 31.9 Å². The average Bonchev–Trinajstić information content (AvgIpc) is 2.12. The van der Waals surface area contributed by atoms with Gasteiger partial charge in [0.15, 0.2) is 0 Å². The molecule has 0 bridgehead atoms. The minimum absolute atomic E-state index is 0.0754. The molecule has 0 aliphatic heterocycles. The second kappa shape index (κ2) is 6.00. The lowest BCUT2D eigenvalue weighted by Gasteiger charge is -2.25. The number of ether oxygens (including phenoxy) is 1. The smallest absolute Gasteiger partial charge is 0.319 e. The van der Waals surface area contributed by atoms with Gasteiger partial charge in [-0.05, 0) is 19.3 Å². The lowest BCUT2D eigenvalue weighted by molar-refractivity contribution is -0.139. The van der Waals surface area contributed by atoms with Crippen LogP contribution in [0.15, 0.2) is 0 Å². The summed E-state index contributed by atoms with van der Waals surface area (Å²) in [6.45, 7) is 5.56. The van der Waals surface area contributed by atoms with Crippen molar-refractivity contribution in [1.82, 2.24) is 0 Å². The molecule has 5 heteroatoms. The number of carbonyl (C=O) groups is 2. The zero-order valence-corrected chi connectivity index (χ0v) is 10.4. The van der Waals surface area contributed by atoms with E-state index >= 15 is 0 Å². The van der Waals surface area contributed by atoms with Gasteiger partial charge < -0.3 is 9.84 Å².